The standard InChI is InChI=1S/C98H133Cl6N9O19S3/c1-5-6-7-8-9-10-37-132-79-23-21-72(22-24-79)65-108-98(28-25-95(114)105-31-38-124-44-50-129-49-43-123-36-14-55-133(117,118)80-18-11-15-73(56-80)86-66-111(2)69-89-83(86)59-76(99)62-92(89)102,29-26-96(115)106-32-39-125-45-51-130-53-47-127-41-34-109-134(119,120)81-19-12-16-74(57-81)87-67-112(3)70-90-84(87)60-77(100)63-93(90)103)30-27-97(116)107-33-40-126-46-52-131-54-48-128-42-35-110-135(121,122)82-20-13-17-75(58-82)88-68-113(4)71-91-85(88)61-78(101)64-94(91)104/h11-13,15-24,56-64,86-88,108-110H,5-10,14,25-55,65-71H2,1-4H3,(H,105,114)(H,106,115)(H,107,116)/t86-,87-,88-/m0/s1. The Bertz CT molecular complexity index is 4780. The van der Waals surface area contributed by atoms with E-state index >= 15 is 0 Å². The number of carbonyl (C=O) groups is 3. The van der Waals surface area contributed by atoms with Crippen molar-refractivity contribution in [1.29, 1.82) is 0 Å². The van der Waals surface area contributed by atoms with Crippen LogP contribution in [0.15, 0.2) is 148 Å². The molecule has 7 aromatic carbocycles. The largest absolute Gasteiger partial charge is 0.494 e. The van der Waals surface area contributed by atoms with E-state index in [4.69, 9.17) is 117 Å². The molecule has 28 nitrogen and oxygen atoms in total. The Morgan fingerprint density at radius 1 is 0.378 bits per heavy atom. The molecule has 135 heavy (non-hydrogen) atoms. The molecule has 37 heteroatoms. The van der Waals surface area contributed by atoms with Gasteiger partial charge in [0.05, 0.1) is 139 Å². The average molecular weight is 2050 g/mol. The number of benzene rings is 7. The number of rotatable bonds is 65. The minimum absolute atomic E-state index is 0.0445. The molecule has 3 aliphatic heterocycles. The van der Waals surface area contributed by atoms with Gasteiger partial charge in [0.2, 0.25) is 37.8 Å². The van der Waals surface area contributed by atoms with E-state index in [1.807, 2.05) is 81.8 Å². The Kier molecular flexibility index (Phi) is 47.7. The van der Waals surface area contributed by atoms with Crippen LogP contribution in [-0.4, -0.2) is 268 Å². The summed E-state index contributed by atoms with van der Waals surface area (Å²) in [5, 5.41) is 15.9. The first-order chi connectivity index (χ1) is 65.1. The van der Waals surface area contributed by atoms with E-state index in [2.05, 4.69) is 52.3 Å². The molecule has 3 heterocycles. The summed E-state index contributed by atoms with van der Waals surface area (Å²) in [4.78, 5) is 48.5. The highest BCUT2D eigenvalue weighted by Gasteiger charge is 2.35. The maximum Gasteiger partial charge on any atom is 0.240 e. The fourth-order valence-electron chi connectivity index (χ4n) is 16.7. The topological polar surface area (TPSA) is 328 Å². The highest BCUT2D eigenvalue weighted by Crippen LogP contribution is 2.43. The van der Waals surface area contributed by atoms with Crippen LogP contribution in [0, 0.1) is 0 Å². The van der Waals surface area contributed by atoms with Gasteiger partial charge in [0, 0.05) is 158 Å². The molecule has 0 saturated heterocycles. The molecule has 0 aromatic heterocycles. The summed E-state index contributed by atoms with van der Waals surface area (Å²) in [6, 6.07) is 39.6. The van der Waals surface area contributed by atoms with Gasteiger partial charge in [-0.2, -0.15) is 0 Å². The van der Waals surface area contributed by atoms with Gasteiger partial charge in [-0.05, 0) is 194 Å². The molecule has 3 atom stereocenters. The van der Waals surface area contributed by atoms with Gasteiger partial charge in [-0.15, -0.1) is 0 Å². The third kappa shape index (κ3) is 37.6. The monoisotopic (exact) mass is 2050 g/mol. The molecule has 6 N–H and O–H groups in total. The van der Waals surface area contributed by atoms with Gasteiger partial charge in [-0.25, -0.2) is 34.7 Å². The number of nitrogens with zero attached hydrogens (tertiary/aromatic N) is 3. The van der Waals surface area contributed by atoms with Crippen molar-refractivity contribution in [3.05, 3.63) is 219 Å². The van der Waals surface area contributed by atoms with Crippen LogP contribution >= 0.6 is 69.6 Å². The van der Waals surface area contributed by atoms with Gasteiger partial charge < -0.3 is 83.3 Å². The Hall–Kier alpha value is -6.26. The Balaban J connectivity index is 0.649. The second-order valence-corrected chi connectivity index (χ2v) is 42.4. The van der Waals surface area contributed by atoms with Crippen LogP contribution in [-0.2, 0) is 113 Å². The zero-order valence-electron chi connectivity index (χ0n) is 77.8. The van der Waals surface area contributed by atoms with Crippen LogP contribution in [0.5, 0.6) is 5.75 Å². The third-order valence-electron chi connectivity index (χ3n) is 23.8. The number of carbonyl (C=O) groups excluding carboxylic acids is 3. The maximum atomic E-state index is 13.8. The van der Waals surface area contributed by atoms with Crippen molar-refractivity contribution in [3.8, 4) is 5.75 Å². The number of fused-ring (bicyclic) bond motifs is 3. The van der Waals surface area contributed by atoms with Crippen LogP contribution < -0.4 is 35.4 Å². The first-order valence-electron chi connectivity index (χ1n) is 46.6. The summed E-state index contributed by atoms with van der Waals surface area (Å²) in [5.74, 6) is -0.464. The second-order valence-electron chi connectivity index (χ2n) is 34.3. The van der Waals surface area contributed by atoms with Crippen molar-refractivity contribution in [2.45, 2.75) is 155 Å². The molecule has 0 radical (unpaired) electrons. The molecule has 0 spiro atoms. The molecule has 10 rings (SSSR count). The van der Waals surface area contributed by atoms with E-state index in [0.29, 0.717) is 89.0 Å². The first-order valence-corrected chi connectivity index (χ1v) is 53.4. The number of amides is 3. The lowest BCUT2D eigenvalue weighted by molar-refractivity contribution is -0.121. The van der Waals surface area contributed by atoms with Gasteiger partial charge in [-0.3, -0.25) is 14.4 Å². The van der Waals surface area contributed by atoms with Gasteiger partial charge in [-0.1, -0.05) is 157 Å². The van der Waals surface area contributed by atoms with E-state index in [1.54, 1.807) is 72.8 Å². The Morgan fingerprint density at radius 3 is 1.09 bits per heavy atom. The molecular formula is C98H133Cl6N9O19S3. The number of likely N-dealkylation sites (N-methyl/N-ethyl adjacent to an activating group) is 3. The normalized spacial score (nSPS) is 15.6. The van der Waals surface area contributed by atoms with Crippen molar-refractivity contribution < 1.29 is 87.0 Å². The molecule has 0 saturated carbocycles. The summed E-state index contributed by atoms with van der Waals surface area (Å²) in [6.07, 6.45) is 8.07. The lowest BCUT2D eigenvalue weighted by Gasteiger charge is -2.35. The third-order valence-corrected chi connectivity index (χ3v) is 30.2. The smallest absolute Gasteiger partial charge is 0.240 e. The van der Waals surface area contributed by atoms with Crippen LogP contribution in [0.4, 0.5) is 0 Å². The van der Waals surface area contributed by atoms with E-state index in [9.17, 15) is 39.6 Å². The number of hydrogen-bond acceptors (Lipinski definition) is 23. The molecule has 3 amide bonds. The quantitative estimate of drug-likeness (QED) is 0.0193. The SMILES string of the molecule is CCCCCCCCOc1ccc(CNC(CCC(=O)NCCOCCOCCOCCCS(=O)(=O)c2cccc([C@@H]3CN(C)Cc4c(Cl)cc(Cl)cc43)c2)(CCC(=O)NCCOCCOCCOCCNS(=O)(=O)c2cccc([C@@H]3CN(C)Cc4c(Cl)cc(Cl)cc43)c2)CCC(=O)NCCOCCOCCOCCNS(=O)(=O)c2cccc([C@@H]3CN(C)Cc4c(Cl)cc(Cl)cc43)c2)cc1. The van der Waals surface area contributed by atoms with Gasteiger partial charge in [0.15, 0.2) is 9.84 Å². The summed E-state index contributed by atoms with van der Waals surface area (Å²) < 4.78 is 144. The first kappa shape index (κ1) is 111. The molecular weight excluding hydrogens is 1920 g/mol. The maximum absolute atomic E-state index is 13.8. The van der Waals surface area contributed by atoms with E-state index in [-0.39, 0.29) is 246 Å². The van der Waals surface area contributed by atoms with Crippen molar-refractivity contribution >= 4 is 117 Å². The highest BCUT2D eigenvalue weighted by atomic mass is 35.5. The minimum Gasteiger partial charge on any atom is -0.494 e. The van der Waals surface area contributed by atoms with Crippen molar-refractivity contribution in [3.63, 3.8) is 0 Å². The summed E-state index contributed by atoms with van der Waals surface area (Å²) in [6.45, 7) is 11.8. The molecule has 744 valence electrons. The number of ether oxygens (including phenoxy) is 10. The Labute approximate surface area is 827 Å². The highest BCUT2D eigenvalue weighted by molar-refractivity contribution is 7.91. The summed E-state index contributed by atoms with van der Waals surface area (Å²) in [7, 11) is -5.34. The van der Waals surface area contributed by atoms with E-state index in [1.165, 1.54) is 25.7 Å². The minimum atomic E-state index is -3.87. The summed E-state index contributed by atoms with van der Waals surface area (Å²) >= 11 is 39.1. The van der Waals surface area contributed by atoms with Gasteiger partial charge in [0.1, 0.15) is 5.75 Å². The molecule has 0 aliphatic carbocycles. The fourth-order valence-corrected chi connectivity index (χ4v) is 21.9. The number of nitrogens with one attached hydrogen (secondary N) is 6. The van der Waals surface area contributed by atoms with Gasteiger partial charge >= 0.3 is 0 Å². The molecule has 7 aromatic rings. The lowest BCUT2D eigenvalue weighted by atomic mass is 9.83. The number of unbranched alkanes of at least 4 members (excludes halogenated alkanes) is 5. The van der Waals surface area contributed by atoms with Crippen molar-refractivity contribution in [2.24, 2.45) is 0 Å². The fraction of sp³-hybridized carbons (Fsp3) is 0.541. The Morgan fingerprint density at radius 2 is 0.711 bits per heavy atom. The zero-order chi connectivity index (χ0) is 96.4. The van der Waals surface area contributed by atoms with Gasteiger partial charge in [0.25, 0.3) is 0 Å². The van der Waals surface area contributed by atoms with Crippen LogP contribution in [0.25, 0.3) is 0 Å². The summed E-state index contributed by atoms with van der Waals surface area (Å²) in [5.41, 5.74) is 8.43. The number of sulfone groups is 1. The van der Waals surface area contributed by atoms with Crippen LogP contribution in [0.1, 0.15) is 164 Å². The predicted octanol–water partition coefficient (Wildman–Crippen LogP) is 14.6. The average Bonchev–Trinajstić information content (AvgIpc) is 0.778. The zero-order valence-corrected chi connectivity index (χ0v) is 84.8. The molecule has 0 fully saturated rings. The molecule has 0 unspecified atom stereocenters. The predicted molar refractivity (Wildman–Crippen MR) is 529 cm³/mol. The molecule has 0 bridgehead atoms. The number of halogens is 6. The molecule has 3 aliphatic rings. The van der Waals surface area contributed by atoms with Crippen molar-refractivity contribution in [2.75, 3.05) is 205 Å². The lowest BCUT2D eigenvalue weighted by Crippen LogP contribution is -2.47. The second kappa shape index (κ2) is 58.2. The van der Waals surface area contributed by atoms with E-state index < -0.39 is 35.4 Å². The van der Waals surface area contributed by atoms with Crippen LogP contribution in [0.3, 0.4) is 0 Å². The number of hydrogen-bond donors (Lipinski definition) is 6. The van der Waals surface area contributed by atoms with Crippen molar-refractivity contribution in [1.82, 2.24) is 45.4 Å². The number of sulfonamides is 2. The van der Waals surface area contributed by atoms with E-state index in [0.717, 1.165) is 74.2 Å². The van der Waals surface area contributed by atoms with Crippen LogP contribution in [0.2, 0.25) is 30.1 Å².